The number of carbonyl (C=O) groups excluding carboxylic acids is 1. The maximum absolute atomic E-state index is 13.2. The second-order valence-corrected chi connectivity index (χ2v) is 8.42. The lowest BCUT2D eigenvalue weighted by Gasteiger charge is -2.19. The molecule has 9 heteroatoms. The normalized spacial score (nSPS) is 15.1. The van der Waals surface area contributed by atoms with Crippen molar-refractivity contribution in [2.75, 3.05) is 26.6 Å². The van der Waals surface area contributed by atoms with Crippen molar-refractivity contribution >= 4 is 17.6 Å². The van der Waals surface area contributed by atoms with E-state index in [1.165, 1.54) is 27.2 Å². The van der Waals surface area contributed by atoms with Crippen LogP contribution in [0.15, 0.2) is 29.1 Å². The van der Waals surface area contributed by atoms with E-state index >= 15 is 0 Å². The van der Waals surface area contributed by atoms with Crippen LogP contribution in [-0.2, 0) is 16.0 Å². The molecule has 0 aromatic heterocycles. The fourth-order valence-electron chi connectivity index (χ4n) is 4.56. The van der Waals surface area contributed by atoms with E-state index in [-0.39, 0.29) is 17.0 Å². The molecule has 0 heterocycles. The lowest BCUT2D eigenvalue weighted by atomic mass is 9.95. The minimum atomic E-state index is -1.03. The SMILES string of the molecule is CCC[C@@H](Nc1ccc2c(cc1=O)[C@@H](NC(C)=O)CCc1cc(OC)c(OC)c(OC)c1-2)C(=O)O. The molecule has 0 bridgehead atoms. The maximum atomic E-state index is 13.2. The van der Waals surface area contributed by atoms with E-state index in [9.17, 15) is 19.5 Å². The van der Waals surface area contributed by atoms with E-state index in [2.05, 4.69) is 10.6 Å². The molecule has 1 aliphatic carbocycles. The highest BCUT2D eigenvalue weighted by Gasteiger charge is 2.29. The van der Waals surface area contributed by atoms with Gasteiger partial charge in [-0.15, -0.1) is 0 Å². The van der Waals surface area contributed by atoms with Crippen LogP contribution in [0.4, 0.5) is 5.69 Å². The van der Waals surface area contributed by atoms with Gasteiger partial charge in [0.1, 0.15) is 6.04 Å². The third kappa shape index (κ3) is 5.34. The first-order chi connectivity index (χ1) is 16.7. The van der Waals surface area contributed by atoms with Gasteiger partial charge in [-0.2, -0.15) is 0 Å². The Labute approximate surface area is 204 Å². The minimum absolute atomic E-state index is 0.168. The summed E-state index contributed by atoms with van der Waals surface area (Å²) in [4.78, 5) is 36.9. The molecule has 2 aromatic rings. The van der Waals surface area contributed by atoms with E-state index in [0.717, 1.165) is 11.1 Å². The number of aliphatic carboxylic acids is 1. The number of rotatable bonds is 9. The summed E-state index contributed by atoms with van der Waals surface area (Å²) < 4.78 is 16.9. The number of benzene rings is 1. The Morgan fingerprint density at radius 1 is 1.11 bits per heavy atom. The summed E-state index contributed by atoms with van der Waals surface area (Å²) in [7, 11) is 4.60. The molecule has 0 aliphatic heterocycles. The van der Waals surface area contributed by atoms with Crippen molar-refractivity contribution in [1.29, 1.82) is 0 Å². The number of aryl methyl sites for hydroxylation is 1. The van der Waals surface area contributed by atoms with Crippen LogP contribution < -0.4 is 30.3 Å². The molecule has 188 valence electrons. The van der Waals surface area contributed by atoms with Crippen LogP contribution in [0.5, 0.6) is 17.2 Å². The zero-order valence-corrected chi connectivity index (χ0v) is 20.7. The van der Waals surface area contributed by atoms with Gasteiger partial charge in [0.15, 0.2) is 11.5 Å². The van der Waals surface area contributed by atoms with E-state index in [1.54, 1.807) is 19.2 Å². The molecular formula is C26H32N2O7. The number of methoxy groups -OCH3 is 3. The number of anilines is 1. The summed E-state index contributed by atoms with van der Waals surface area (Å²) in [5.41, 5.74) is 2.74. The van der Waals surface area contributed by atoms with Crippen LogP contribution >= 0.6 is 0 Å². The molecule has 0 spiro atoms. The molecule has 0 saturated carbocycles. The van der Waals surface area contributed by atoms with Gasteiger partial charge in [0, 0.05) is 12.5 Å². The molecular weight excluding hydrogens is 452 g/mol. The van der Waals surface area contributed by atoms with Gasteiger partial charge < -0.3 is 30.0 Å². The van der Waals surface area contributed by atoms with Gasteiger partial charge in [-0.25, -0.2) is 4.79 Å². The lowest BCUT2D eigenvalue weighted by Crippen LogP contribution is -2.31. The quantitative estimate of drug-likeness (QED) is 0.494. The van der Waals surface area contributed by atoms with Gasteiger partial charge in [0.2, 0.25) is 17.1 Å². The molecule has 0 unspecified atom stereocenters. The number of carboxylic acid groups (broad SMARTS) is 1. The smallest absolute Gasteiger partial charge is 0.326 e. The number of carboxylic acids is 1. The molecule has 1 amide bonds. The summed E-state index contributed by atoms with van der Waals surface area (Å²) in [6.45, 7) is 3.31. The minimum Gasteiger partial charge on any atom is -0.493 e. The van der Waals surface area contributed by atoms with Crippen molar-refractivity contribution in [2.45, 2.75) is 51.6 Å². The summed E-state index contributed by atoms with van der Waals surface area (Å²) in [6, 6.07) is 5.36. The second kappa shape index (κ2) is 11.1. The van der Waals surface area contributed by atoms with Gasteiger partial charge in [-0.1, -0.05) is 19.4 Å². The zero-order chi connectivity index (χ0) is 25.7. The number of fused-ring (bicyclic) bond motifs is 3. The van der Waals surface area contributed by atoms with Gasteiger partial charge in [-0.3, -0.25) is 9.59 Å². The number of nitrogens with one attached hydrogen (secondary N) is 2. The molecule has 2 aromatic carbocycles. The highest BCUT2D eigenvalue weighted by molar-refractivity contribution is 5.84. The van der Waals surface area contributed by atoms with Crippen molar-refractivity contribution in [3.05, 3.63) is 45.6 Å². The average molecular weight is 485 g/mol. The number of amides is 1. The first-order valence-corrected chi connectivity index (χ1v) is 11.5. The molecule has 0 radical (unpaired) electrons. The van der Waals surface area contributed by atoms with Crippen molar-refractivity contribution < 1.29 is 28.9 Å². The summed E-state index contributed by atoms with van der Waals surface area (Å²) in [5.74, 6) is 0.131. The summed E-state index contributed by atoms with van der Waals surface area (Å²) in [5, 5.41) is 15.4. The maximum Gasteiger partial charge on any atom is 0.326 e. The van der Waals surface area contributed by atoms with Crippen LogP contribution in [-0.4, -0.2) is 44.4 Å². The van der Waals surface area contributed by atoms with E-state index in [4.69, 9.17) is 14.2 Å². The standard InChI is InChI=1S/C26H32N2O7/c1-6-7-20(26(31)32)28-19-11-9-16-17(13-21(19)30)18(27-14(2)29)10-8-15-12-22(33-3)24(34-4)25(35-5)23(15)16/h9,11-13,18,20H,6-8,10H2,1-5H3,(H,27,29)(H,28,30)(H,31,32)/t18-,20+/m0/s1. The molecule has 3 rings (SSSR count). The average Bonchev–Trinajstić information content (AvgIpc) is 3.06. The second-order valence-electron chi connectivity index (χ2n) is 8.42. The molecule has 3 N–H and O–H groups in total. The summed E-state index contributed by atoms with van der Waals surface area (Å²) in [6.07, 6.45) is 2.14. The van der Waals surface area contributed by atoms with Crippen LogP contribution in [0, 0.1) is 0 Å². The molecule has 35 heavy (non-hydrogen) atoms. The molecule has 9 nitrogen and oxygen atoms in total. The lowest BCUT2D eigenvalue weighted by molar-refractivity contribution is -0.138. The first-order valence-electron chi connectivity index (χ1n) is 11.5. The third-order valence-corrected chi connectivity index (χ3v) is 6.12. The Morgan fingerprint density at radius 2 is 1.83 bits per heavy atom. The van der Waals surface area contributed by atoms with Gasteiger partial charge in [0.05, 0.1) is 33.1 Å². The third-order valence-electron chi connectivity index (χ3n) is 6.12. The first kappa shape index (κ1) is 25.9. The van der Waals surface area contributed by atoms with Crippen molar-refractivity contribution in [1.82, 2.24) is 5.32 Å². The number of hydrogen-bond acceptors (Lipinski definition) is 7. The Balaban J connectivity index is 2.32. The van der Waals surface area contributed by atoms with Crippen molar-refractivity contribution in [3.8, 4) is 28.4 Å². The number of hydrogen-bond donors (Lipinski definition) is 3. The van der Waals surface area contributed by atoms with E-state index in [0.29, 0.717) is 54.1 Å². The predicted molar refractivity (Wildman–Crippen MR) is 133 cm³/mol. The predicted octanol–water partition coefficient (Wildman–Crippen LogP) is 3.53. The summed E-state index contributed by atoms with van der Waals surface area (Å²) >= 11 is 0. The number of carbonyl (C=O) groups is 2. The zero-order valence-electron chi connectivity index (χ0n) is 20.7. The van der Waals surface area contributed by atoms with Crippen molar-refractivity contribution in [3.63, 3.8) is 0 Å². The fraction of sp³-hybridized carbons (Fsp3) is 0.423. The Bertz CT molecular complexity index is 1180. The number of ether oxygens (including phenoxy) is 3. The largest absolute Gasteiger partial charge is 0.493 e. The van der Waals surface area contributed by atoms with E-state index < -0.39 is 18.1 Å². The van der Waals surface area contributed by atoms with Crippen LogP contribution in [0.25, 0.3) is 11.1 Å². The fourth-order valence-corrected chi connectivity index (χ4v) is 4.56. The van der Waals surface area contributed by atoms with Gasteiger partial charge in [0.25, 0.3) is 0 Å². The Hall–Kier alpha value is -3.75. The highest BCUT2D eigenvalue weighted by Crippen LogP contribution is 2.50. The topological polar surface area (TPSA) is 123 Å². The van der Waals surface area contributed by atoms with Crippen molar-refractivity contribution in [2.24, 2.45) is 0 Å². The van der Waals surface area contributed by atoms with E-state index in [1.807, 2.05) is 13.0 Å². The Kier molecular flexibility index (Phi) is 8.22. The highest BCUT2D eigenvalue weighted by atomic mass is 16.5. The van der Waals surface area contributed by atoms with Gasteiger partial charge in [-0.05, 0) is 54.2 Å². The molecule has 0 fully saturated rings. The molecule has 1 aliphatic rings. The van der Waals surface area contributed by atoms with Crippen LogP contribution in [0.2, 0.25) is 0 Å². The monoisotopic (exact) mass is 484 g/mol. The van der Waals surface area contributed by atoms with Crippen LogP contribution in [0.1, 0.15) is 50.3 Å². The Morgan fingerprint density at radius 3 is 2.40 bits per heavy atom. The van der Waals surface area contributed by atoms with Gasteiger partial charge >= 0.3 is 5.97 Å². The molecule has 2 atom stereocenters. The van der Waals surface area contributed by atoms with Crippen LogP contribution in [0.3, 0.4) is 0 Å². The molecule has 0 saturated heterocycles.